The van der Waals surface area contributed by atoms with Crippen molar-refractivity contribution in [3.63, 3.8) is 0 Å². The van der Waals surface area contributed by atoms with Crippen LogP contribution in [0.25, 0.3) is 0 Å². The van der Waals surface area contributed by atoms with Crippen LogP contribution in [0.1, 0.15) is 42.5 Å². The van der Waals surface area contributed by atoms with Gasteiger partial charge in [-0.1, -0.05) is 29.8 Å². The number of carbonyl (C=O) groups is 2. The summed E-state index contributed by atoms with van der Waals surface area (Å²) in [5.74, 6) is -0.0391. The standard InChI is InChI=1S/C22H24ClN3O2/c23-16-9-11-17(12-10-16)25-22(28)26-19-7-4-8-20(26)14-18(13-19)24-21(27)15-5-2-1-3-6-15/h1-3,5-6,9-12,18-20H,4,7-8,13-14H2,(H,24,27)(H,25,28)/t19-,20-/m0/s1. The summed E-state index contributed by atoms with van der Waals surface area (Å²) in [4.78, 5) is 27.4. The number of nitrogens with zero attached hydrogens (tertiary/aromatic N) is 1. The highest BCUT2D eigenvalue weighted by molar-refractivity contribution is 6.30. The normalized spacial score (nSPS) is 23.8. The molecule has 2 aliphatic heterocycles. The van der Waals surface area contributed by atoms with Crippen molar-refractivity contribution < 1.29 is 9.59 Å². The van der Waals surface area contributed by atoms with Gasteiger partial charge in [0, 0.05) is 34.4 Å². The number of rotatable bonds is 3. The number of nitrogens with one attached hydrogen (secondary N) is 2. The smallest absolute Gasteiger partial charge is 0.322 e. The maximum absolute atomic E-state index is 12.9. The number of amides is 3. The van der Waals surface area contributed by atoms with Crippen LogP contribution in [-0.2, 0) is 0 Å². The molecule has 4 rings (SSSR count). The fourth-order valence-electron chi connectivity index (χ4n) is 4.41. The van der Waals surface area contributed by atoms with Crippen LogP contribution in [0.5, 0.6) is 0 Å². The second kappa shape index (κ2) is 8.23. The minimum Gasteiger partial charge on any atom is -0.349 e. The van der Waals surface area contributed by atoms with E-state index in [1.807, 2.05) is 47.4 Å². The van der Waals surface area contributed by atoms with Crippen molar-refractivity contribution in [1.29, 1.82) is 0 Å². The zero-order valence-electron chi connectivity index (χ0n) is 15.6. The summed E-state index contributed by atoms with van der Waals surface area (Å²) >= 11 is 5.92. The van der Waals surface area contributed by atoms with Crippen LogP contribution in [0.3, 0.4) is 0 Å². The lowest BCUT2D eigenvalue weighted by Crippen LogP contribution is -2.59. The third kappa shape index (κ3) is 4.14. The average Bonchev–Trinajstić information content (AvgIpc) is 2.69. The number of carbonyl (C=O) groups excluding carboxylic acids is 2. The Morgan fingerprint density at radius 2 is 1.57 bits per heavy atom. The van der Waals surface area contributed by atoms with E-state index in [9.17, 15) is 9.59 Å². The topological polar surface area (TPSA) is 61.4 Å². The lowest BCUT2D eigenvalue weighted by atomic mass is 9.82. The molecule has 0 aromatic heterocycles. The molecule has 2 bridgehead atoms. The van der Waals surface area contributed by atoms with Gasteiger partial charge in [-0.05, 0) is 68.5 Å². The number of halogens is 1. The molecule has 0 saturated carbocycles. The maximum Gasteiger partial charge on any atom is 0.322 e. The summed E-state index contributed by atoms with van der Waals surface area (Å²) < 4.78 is 0. The zero-order valence-corrected chi connectivity index (χ0v) is 16.4. The minimum absolute atomic E-state index is 0.0391. The zero-order chi connectivity index (χ0) is 19.5. The molecule has 5 nitrogen and oxygen atoms in total. The van der Waals surface area contributed by atoms with Crippen LogP contribution < -0.4 is 10.6 Å². The third-order valence-corrected chi connectivity index (χ3v) is 5.93. The fraction of sp³-hybridized carbons (Fsp3) is 0.364. The number of hydrogen-bond donors (Lipinski definition) is 2. The lowest BCUT2D eigenvalue weighted by Gasteiger charge is -2.48. The Balaban J connectivity index is 1.41. The quantitative estimate of drug-likeness (QED) is 0.789. The van der Waals surface area contributed by atoms with E-state index >= 15 is 0 Å². The summed E-state index contributed by atoms with van der Waals surface area (Å²) in [7, 11) is 0. The molecular formula is C22H24ClN3O2. The Labute approximate surface area is 170 Å². The van der Waals surface area contributed by atoms with Gasteiger partial charge < -0.3 is 15.5 Å². The molecule has 28 heavy (non-hydrogen) atoms. The molecule has 2 atom stereocenters. The Hall–Kier alpha value is -2.53. The van der Waals surface area contributed by atoms with E-state index in [1.165, 1.54) is 0 Å². The van der Waals surface area contributed by atoms with Crippen molar-refractivity contribution in [2.24, 2.45) is 0 Å². The predicted octanol–water partition coefficient (Wildman–Crippen LogP) is 4.69. The van der Waals surface area contributed by atoms with Crippen LogP contribution in [0.15, 0.2) is 54.6 Å². The number of piperidine rings is 2. The highest BCUT2D eigenvalue weighted by Crippen LogP contribution is 2.34. The van der Waals surface area contributed by atoms with Gasteiger partial charge in [0.15, 0.2) is 0 Å². The average molecular weight is 398 g/mol. The first kappa shape index (κ1) is 18.8. The van der Waals surface area contributed by atoms with Crippen LogP contribution in [0.4, 0.5) is 10.5 Å². The number of hydrogen-bond acceptors (Lipinski definition) is 2. The molecule has 2 saturated heterocycles. The van der Waals surface area contributed by atoms with Gasteiger partial charge in [-0.2, -0.15) is 0 Å². The van der Waals surface area contributed by atoms with Crippen LogP contribution >= 0.6 is 11.6 Å². The van der Waals surface area contributed by atoms with Gasteiger partial charge in [0.25, 0.3) is 5.91 Å². The molecule has 2 aliphatic rings. The van der Waals surface area contributed by atoms with Gasteiger partial charge in [-0.3, -0.25) is 4.79 Å². The molecule has 2 aromatic rings. The SMILES string of the molecule is O=C(NC1C[C@@H]2CCC[C@@H](C1)N2C(=O)Nc1ccc(Cl)cc1)c1ccccc1. The molecule has 0 unspecified atom stereocenters. The number of benzene rings is 2. The maximum atomic E-state index is 12.9. The van der Waals surface area contributed by atoms with Crippen molar-refractivity contribution in [2.75, 3.05) is 5.32 Å². The van der Waals surface area contributed by atoms with Crippen molar-refractivity contribution in [3.05, 3.63) is 65.2 Å². The summed E-state index contributed by atoms with van der Waals surface area (Å²) in [6, 6.07) is 16.8. The molecule has 2 heterocycles. The van der Waals surface area contributed by atoms with E-state index < -0.39 is 0 Å². The van der Waals surface area contributed by atoms with E-state index in [2.05, 4.69) is 10.6 Å². The predicted molar refractivity (Wildman–Crippen MR) is 111 cm³/mol. The molecule has 3 amide bonds. The number of urea groups is 1. The molecule has 0 aliphatic carbocycles. The Bertz CT molecular complexity index is 827. The van der Waals surface area contributed by atoms with E-state index in [-0.39, 0.29) is 30.1 Å². The number of fused-ring (bicyclic) bond motifs is 2. The van der Waals surface area contributed by atoms with Crippen molar-refractivity contribution in [2.45, 2.75) is 50.2 Å². The molecular weight excluding hydrogens is 374 g/mol. The van der Waals surface area contributed by atoms with Crippen LogP contribution in [0, 0.1) is 0 Å². The molecule has 2 N–H and O–H groups in total. The summed E-state index contributed by atoms with van der Waals surface area (Å²) in [5, 5.41) is 6.80. The fourth-order valence-corrected chi connectivity index (χ4v) is 4.54. The molecule has 0 radical (unpaired) electrons. The first-order chi connectivity index (χ1) is 13.6. The van der Waals surface area contributed by atoms with E-state index in [0.717, 1.165) is 37.8 Å². The highest BCUT2D eigenvalue weighted by Gasteiger charge is 2.41. The van der Waals surface area contributed by atoms with Gasteiger partial charge in [-0.15, -0.1) is 0 Å². The molecule has 146 valence electrons. The van der Waals surface area contributed by atoms with E-state index in [0.29, 0.717) is 10.6 Å². The van der Waals surface area contributed by atoms with E-state index in [1.54, 1.807) is 12.1 Å². The summed E-state index contributed by atoms with van der Waals surface area (Å²) in [5.41, 5.74) is 1.42. The molecule has 2 aromatic carbocycles. The van der Waals surface area contributed by atoms with Crippen LogP contribution in [0.2, 0.25) is 5.02 Å². The lowest BCUT2D eigenvalue weighted by molar-refractivity contribution is 0.0577. The molecule has 6 heteroatoms. The second-order valence-electron chi connectivity index (χ2n) is 7.59. The van der Waals surface area contributed by atoms with Crippen molar-refractivity contribution >= 4 is 29.2 Å². The van der Waals surface area contributed by atoms with Gasteiger partial charge in [0.1, 0.15) is 0 Å². The van der Waals surface area contributed by atoms with Crippen molar-refractivity contribution in [1.82, 2.24) is 10.2 Å². The van der Waals surface area contributed by atoms with Gasteiger partial charge in [0.05, 0.1) is 0 Å². The monoisotopic (exact) mass is 397 g/mol. The van der Waals surface area contributed by atoms with E-state index in [4.69, 9.17) is 11.6 Å². The number of anilines is 1. The Morgan fingerprint density at radius 3 is 2.21 bits per heavy atom. The van der Waals surface area contributed by atoms with Crippen LogP contribution in [-0.4, -0.2) is 35.0 Å². The third-order valence-electron chi connectivity index (χ3n) is 5.68. The summed E-state index contributed by atoms with van der Waals surface area (Å²) in [6.07, 6.45) is 4.66. The summed E-state index contributed by atoms with van der Waals surface area (Å²) in [6.45, 7) is 0. The molecule has 2 fully saturated rings. The van der Waals surface area contributed by atoms with Gasteiger partial charge in [0.2, 0.25) is 0 Å². The molecule has 0 spiro atoms. The van der Waals surface area contributed by atoms with Gasteiger partial charge >= 0.3 is 6.03 Å². The second-order valence-corrected chi connectivity index (χ2v) is 8.03. The Morgan fingerprint density at radius 1 is 0.929 bits per heavy atom. The first-order valence-electron chi connectivity index (χ1n) is 9.81. The first-order valence-corrected chi connectivity index (χ1v) is 10.2. The highest BCUT2D eigenvalue weighted by atomic mass is 35.5. The largest absolute Gasteiger partial charge is 0.349 e. The Kier molecular flexibility index (Phi) is 5.53. The minimum atomic E-state index is -0.0649. The van der Waals surface area contributed by atoms with Gasteiger partial charge in [-0.25, -0.2) is 4.79 Å². The van der Waals surface area contributed by atoms with Crippen molar-refractivity contribution in [3.8, 4) is 0 Å².